The highest BCUT2D eigenvalue weighted by atomic mass is 79.9. The number of benzene rings is 3. The van der Waals surface area contributed by atoms with Crippen LogP contribution in [-0.4, -0.2) is 40.5 Å². The maximum atomic E-state index is 13.5. The zero-order valence-electron chi connectivity index (χ0n) is 20.4. The van der Waals surface area contributed by atoms with Crippen LogP contribution in [0.5, 0.6) is 11.5 Å². The number of nitrogens with zero attached hydrogens (tertiary/aromatic N) is 2. The zero-order valence-corrected chi connectivity index (χ0v) is 22.0. The molecule has 1 amide bonds. The summed E-state index contributed by atoms with van der Waals surface area (Å²) in [5, 5.41) is 11.4. The SMILES string of the molecule is CCOc1cc(C2/C(=C(\O)c3ccc(Br)c(C)c3)C(=O)C(=O)N2c2nc3ccccc3[nH]2)ccc1OC. The summed E-state index contributed by atoms with van der Waals surface area (Å²) in [6.45, 7) is 4.12. The molecule has 0 saturated carbocycles. The van der Waals surface area contributed by atoms with Crippen molar-refractivity contribution in [3.8, 4) is 11.5 Å². The Bertz CT molecular complexity index is 1540. The lowest BCUT2D eigenvalue weighted by Gasteiger charge is -2.24. The number of anilines is 1. The van der Waals surface area contributed by atoms with Gasteiger partial charge in [0.15, 0.2) is 11.5 Å². The molecule has 0 radical (unpaired) electrons. The van der Waals surface area contributed by atoms with Gasteiger partial charge in [-0.3, -0.25) is 14.5 Å². The number of methoxy groups -OCH3 is 1. The molecular formula is C28H24BrN3O5. The summed E-state index contributed by atoms with van der Waals surface area (Å²) in [5.74, 6) is -0.711. The number of hydrogen-bond acceptors (Lipinski definition) is 6. The summed E-state index contributed by atoms with van der Waals surface area (Å²) in [5.41, 5.74) is 3.17. The van der Waals surface area contributed by atoms with Crippen LogP contribution in [0.3, 0.4) is 0 Å². The number of aliphatic hydroxyl groups excluding tert-OH is 1. The van der Waals surface area contributed by atoms with Gasteiger partial charge in [-0.05, 0) is 61.4 Å². The lowest BCUT2D eigenvalue weighted by atomic mass is 9.94. The summed E-state index contributed by atoms with van der Waals surface area (Å²) >= 11 is 3.46. The van der Waals surface area contributed by atoms with Gasteiger partial charge >= 0.3 is 5.91 Å². The molecule has 1 atom stereocenters. The number of imidazole rings is 1. The Balaban J connectivity index is 1.75. The van der Waals surface area contributed by atoms with Crippen LogP contribution in [-0.2, 0) is 9.59 Å². The Labute approximate surface area is 221 Å². The molecule has 5 rings (SSSR count). The third-order valence-electron chi connectivity index (χ3n) is 6.28. The van der Waals surface area contributed by atoms with Crippen molar-refractivity contribution in [2.75, 3.05) is 18.6 Å². The summed E-state index contributed by atoms with van der Waals surface area (Å²) in [4.78, 5) is 35.9. The fraction of sp³-hybridized carbons (Fsp3) is 0.179. The molecule has 8 nitrogen and oxygen atoms in total. The van der Waals surface area contributed by atoms with Crippen molar-refractivity contribution in [3.63, 3.8) is 0 Å². The van der Waals surface area contributed by atoms with E-state index in [2.05, 4.69) is 25.9 Å². The highest BCUT2D eigenvalue weighted by Gasteiger charge is 2.48. The smallest absolute Gasteiger partial charge is 0.302 e. The molecule has 1 aromatic heterocycles. The minimum atomic E-state index is -0.963. The van der Waals surface area contributed by atoms with E-state index in [1.165, 1.54) is 12.0 Å². The van der Waals surface area contributed by atoms with Gasteiger partial charge in [-0.15, -0.1) is 0 Å². The first-order valence-corrected chi connectivity index (χ1v) is 12.5. The first-order chi connectivity index (χ1) is 17.8. The first kappa shape index (κ1) is 24.6. The van der Waals surface area contributed by atoms with Crippen LogP contribution in [0.4, 0.5) is 5.95 Å². The van der Waals surface area contributed by atoms with Gasteiger partial charge in [0.25, 0.3) is 5.78 Å². The molecule has 2 N–H and O–H groups in total. The lowest BCUT2D eigenvalue weighted by Crippen LogP contribution is -2.30. The van der Waals surface area contributed by atoms with Gasteiger partial charge in [0.05, 0.1) is 36.4 Å². The normalized spacial score (nSPS) is 17.0. The van der Waals surface area contributed by atoms with E-state index in [-0.39, 0.29) is 17.3 Å². The van der Waals surface area contributed by atoms with Crippen molar-refractivity contribution in [1.82, 2.24) is 9.97 Å². The Morgan fingerprint density at radius 2 is 1.89 bits per heavy atom. The molecule has 1 saturated heterocycles. The third kappa shape index (κ3) is 4.25. The number of halogens is 1. The average Bonchev–Trinajstić information content (AvgIpc) is 3.43. The Kier molecular flexibility index (Phi) is 6.47. The molecule has 0 bridgehead atoms. The van der Waals surface area contributed by atoms with Crippen LogP contribution in [0.25, 0.3) is 16.8 Å². The quantitative estimate of drug-likeness (QED) is 0.178. The van der Waals surface area contributed by atoms with Crippen LogP contribution in [0, 0.1) is 6.92 Å². The molecule has 188 valence electrons. The van der Waals surface area contributed by atoms with Crippen LogP contribution < -0.4 is 14.4 Å². The number of aryl methyl sites for hydroxylation is 1. The number of ketones is 1. The molecule has 37 heavy (non-hydrogen) atoms. The molecule has 2 heterocycles. The van der Waals surface area contributed by atoms with Crippen LogP contribution in [0.15, 0.2) is 70.7 Å². The number of aromatic amines is 1. The van der Waals surface area contributed by atoms with Gasteiger partial charge in [0, 0.05) is 10.0 Å². The molecular weight excluding hydrogens is 538 g/mol. The van der Waals surface area contributed by atoms with E-state index in [0.29, 0.717) is 40.3 Å². The van der Waals surface area contributed by atoms with Gasteiger partial charge in [-0.1, -0.05) is 40.2 Å². The topological polar surface area (TPSA) is 105 Å². The van der Waals surface area contributed by atoms with Crippen LogP contribution >= 0.6 is 15.9 Å². The molecule has 1 fully saturated rings. The second-order valence-electron chi connectivity index (χ2n) is 8.55. The van der Waals surface area contributed by atoms with Crippen LogP contribution in [0.2, 0.25) is 0 Å². The number of aliphatic hydroxyl groups is 1. The fourth-order valence-corrected chi connectivity index (χ4v) is 4.75. The standard InChI is InChI=1S/C28H24BrN3O5/c1-4-37-22-14-16(10-12-21(22)36-3)24-23(25(33)17-9-11-18(29)15(2)13-17)26(34)27(35)32(24)28-30-19-7-5-6-8-20(19)31-28/h5-14,24,33H,4H2,1-3H3,(H,30,31)/b25-23+. The Morgan fingerprint density at radius 3 is 2.59 bits per heavy atom. The highest BCUT2D eigenvalue weighted by molar-refractivity contribution is 9.10. The number of carbonyl (C=O) groups is 2. The lowest BCUT2D eigenvalue weighted by molar-refractivity contribution is -0.132. The number of H-pyrrole nitrogens is 1. The summed E-state index contributed by atoms with van der Waals surface area (Å²) < 4.78 is 12.0. The Morgan fingerprint density at radius 1 is 1.11 bits per heavy atom. The molecule has 0 aliphatic carbocycles. The van der Waals surface area contributed by atoms with Crippen molar-refractivity contribution in [1.29, 1.82) is 0 Å². The number of hydrogen-bond donors (Lipinski definition) is 2. The van der Waals surface area contributed by atoms with E-state index in [1.807, 2.05) is 38.1 Å². The minimum Gasteiger partial charge on any atom is -0.507 e. The van der Waals surface area contributed by atoms with Gasteiger partial charge in [0.1, 0.15) is 5.76 Å². The summed E-state index contributed by atoms with van der Waals surface area (Å²) in [6.07, 6.45) is 0. The van der Waals surface area contributed by atoms with E-state index >= 15 is 0 Å². The number of rotatable bonds is 6. The van der Waals surface area contributed by atoms with E-state index < -0.39 is 17.7 Å². The van der Waals surface area contributed by atoms with E-state index in [1.54, 1.807) is 36.4 Å². The third-order valence-corrected chi connectivity index (χ3v) is 7.17. The molecule has 1 aliphatic rings. The van der Waals surface area contributed by atoms with E-state index in [4.69, 9.17) is 9.47 Å². The predicted molar refractivity (Wildman–Crippen MR) is 144 cm³/mol. The number of ether oxygens (including phenoxy) is 2. The van der Waals surface area contributed by atoms with E-state index in [9.17, 15) is 14.7 Å². The molecule has 3 aromatic carbocycles. The summed E-state index contributed by atoms with van der Waals surface area (Å²) in [7, 11) is 1.54. The predicted octanol–water partition coefficient (Wildman–Crippen LogP) is 5.67. The van der Waals surface area contributed by atoms with Crippen molar-refractivity contribution >= 4 is 50.4 Å². The molecule has 0 spiro atoms. The molecule has 1 aliphatic heterocycles. The van der Waals surface area contributed by atoms with Gasteiger partial charge in [0.2, 0.25) is 5.95 Å². The highest BCUT2D eigenvalue weighted by Crippen LogP contribution is 2.44. The van der Waals surface area contributed by atoms with Gasteiger partial charge in [-0.2, -0.15) is 0 Å². The average molecular weight is 562 g/mol. The largest absolute Gasteiger partial charge is 0.507 e. The van der Waals surface area contributed by atoms with E-state index in [0.717, 1.165) is 10.0 Å². The van der Waals surface area contributed by atoms with Gasteiger partial charge in [-0.25, -0.2) is 4.98 Å². The summed E-state index contributed by atoms with van der Waals surface area (Å²) in [6, 6.07) is 16.8. The molecule has 9 heteroatoms. The number of Topliss-reactive ketones (excluding diaryl/α,β-unsaturated/α-hetero) is 1. The monoisotopic (exact) mass is 561 g/mol. The minimum absolute atomic E-state index is 0.0419. The van der Waals surface area contributed by atoms with Gasteiger partial charge < -0.3 is 19.6 Å². The van der Waals surface area contributed by atoms with Crippen molar-refractivity contribution in [3.05, 3.63) is 87.4 Å². The number of fused-ring (bicyclic) bond motifs is 1. The first-order valence-electron chi connectivity index (χ1n) is 11.7. The second-order valence-corrected chi connectivity index (χ2v) is 9.41. The number of nitrogens with one attached hydrogen (secondary N) is 1. The maximum absolute atomic E-state index is 13.5. The number of carbonyl (C=O) groups excluding carboxylic acids is 2. The van der Waals surface area contributed by atoms with Crippen molar-refractivity contribution in [2.24, 2.45) is 0 Å². The van der Waals surface area contributed by atoms with Crippen LogP contribution in [0.1, 0.15) is 29.7 Å². The van der Waals surface area contributed by atoms with Crippen molar-refractivity contribution in [2.45, 2.75) is 19.9 Å². The fourth-order valence-electron chi connectivity index (χ4n) is 4.50. The molecule has 4 aromatic rings. The number of para-hydroxylation sites is 2. The zero-order chi connectivity index (χ0) is 26.3. The number of amides is 1. The Hall–Kier alpha value is -4.11. The van der Waals surface area contributed by atoms with Crippen molar-refractivity contribution < 1.29 is 24.2 Å². The second kappa shape index (κ2) is 9.74. The maximum Gasteiger partial charge on any atom is 0.302 e. The molecule has 1 unspecified atom stereocenters. The number of aromatic nitrogens is 2.